The van der Waals surface area contributed by atoms with Crippen LogP contribution in [0.3, 0.4) is 0 Å². The third-order valence-electron chi connectivity index (χ3n) is 5.94. The molecule has 1 aromatic carbocycles. The molecule has 8 heteroatoms. The number of nitrogens with two attached hydrogens (primary N) is 1. The molecule has 2 aromatic rings. The van der Waals surface area contributed by atoms with Gasteiger partial charge in [0, 0.05) is 13.1 Å². The molecule has 1 unspecified atom stereocenters. The maximum absolute atomic E-state index is 12.6. The molecule has 0 spiro atoms. The molecule has 8 nitrogen and oxygen atoms in total. The van der Waals surface area contributed by atoms with Crippen molar-refractivity contribution in [2.24, 2.45) is 0 Å². The van der Waals surface area contributed by atoms with E-state index in [-0.39, 0.29) is 23.8 Å². The van der Waals surface area contributed by atoms with Crippen molar-refractivity contribution in [1.82, 2.24) is 14.9 Å². The minimum Gasteiger partial charge on any atom is -0.463 e. The number of anilines is 3. The van der Waals surface area contributed by atoms with Crippen LogP contribution in [0.25, 0.3) is 0 Å². The molecule has 31 heavy (non-hydrogen) atoms. The summed E-state index contributed by atoms with van der Waals surface area (Å²) in [4.78, 5) is 25.9. The van der Waals surface area contributed by atoms with Crippen LogP contribution in [-0.2, 0) is 17.9 Å². The van der Waals surface area contributed by atoms with E-state index in [4.69, 9.17) is 10.5 Å². The molecule has 1 fully saturated rings. The molecule has 1 aromatic heterocycles. The Morgan fingerprint density at radius 3 is 2.68 bits per heavy atom. The van der Waals surface area contributed by atoms with E-state index in [0.29, 0.717) is 24.7 Å². The summed E-state index contributed by atoms with van der Waals surface area (Å²) in [5.74, 6) is 0.719. The Balaban J connectivity index is 1.58. The van der Waals surface area contributed by atoms with E-state index in [0.717, 1.165) is 38.0 Å². The number of fused-ring (bicyclic) bond motifs is 1. The van der Waals surface area contributed by atoms with Gasteiger partial charge < -0.3 is 20.7 Å². The van der Waals surface area contributed by atoms with Crippen molar-refractivity contribution in [2.75, 3.05) is 35.6 Å². The summed E-state index contributed by atoms with van der Waals surface area (Å²) >= 11 is 0. The topological polar surface area (TPSA) is 96.6 Å². The highest BCUT2D eigenvalue weighted by Crippen LogP contribution is 2.36. The number of carbonyl (C=O) groups excluding carboxylic acids is 1. The molecule has 0 saturated carbocycles. The Kier molecular flexibility index (Phi) is 6.56. The van der Waals surface area contributed by atoms with Gasteiger partial charge in [-0.2, -0.15) is 9.97 Å². The number of hydrogen-bond donors (Lipinski definition) is 2. The van der Waals surface area contributed by atoms with Crippen LogP contribution in [0.1, 0.15) is 50.7 Å². The minimum atomic E-state index is -0.382. The van der Waals surface area contributed by atoms with Crippen LogP contribution >= 0.6 is 0 Å². The van der Waals surface area contributed by atoms with Gasteiger partial charge >= 0.3 is 6.01 Å². The number of nitrogens with one attached hydrogen (secondary N) is 1. The van der Waals surface area contributed by atoms with E-state index in [1.807, 2.05) is 11.8 Å². The minimum absolute atomic E-state index is 0.115. The molecular weight excluding hydrogens is 392 g/mol. The Morgan fingerprint density at radius 2 is 1.94 bits per heavy atom. The molecule has 1 atom stereocenters. The number of amides is 1. The standard InChI is InChI=1S/C23H32N6O2/c1-3-4-12-31-23-26-20(24)19-21(27-23)29(16(2)22(30)25-19)15-18-9-7-8-17(13-18)14-28-10-5-6-11-28/h7-9,13,16H,3-6,10-12,14-15H2,1-2H3,(H,25,30)(H2,24,26,27). The highest BCUT2D eigenvalue weighted by atomic mass is 16.5. The lowest BCUT2D eigenvalue weighted by atomic mass is 10.1. The highest BCUT2D eigenvalue weighted by molar-refractivity contribution is 6.05. The van der Waals surface area contributed by atoms with Crippen molar-refractivity contribution in [3.63, 3.8) is 0 Å². The molecule has 0 radical (unpaired) electrons. The van der Waals surface area contributed by atoms with E-state index in [1.165, 1.54) is 18.4 Å². The van der Waals surface area contributed by atoms with Crippen LogP contribution in [-0.4, -0.2) is 46.5 Å². The van der Waals surface area contributed by atoms with Gasteiger partial charge in [-0.15, -0.1) is 0 Å². The zero-order valence-corrected chi connectivity index (χ0v) is 18.4. The van der Waals surface area contributed by atoms with Crippen molar-refractivity contribution in [2.45, 2.75) is 58.7 Å². The number of rotatable bonds is 8. The van der Waals surface area contributed by atoms with Gasteiger partial charge in [-0.05, 0) is 50.4 Å². The molecule has 1 amide bonds. The summed E-state index contributed by atoms with van der Waals surface area (Å²) in [6.45, 7) is 8.36. The second-order valence-corrected chi connectivity index (χ2v) is 8.39. The number of benzene rings is 1. The number of nitrogens with zero attached hydrogens (tertiary/aromatic N) is 4. The fourth-order valence-corrected chi connectivity index (χ4v) is 4.13. The maximum atomic E-state index is 12.6. The summed E-state index contributed by atoms with van der Waals surface area (Å²) < 4.78 is 5.70. The first-order chi connectivity index (χ1) is 15.0. The third kappa shape index (κ3) is 4.90. The predicted molar refractivity (Wildman–Crippen MR) is 122 cm³/mol. The van der Waals surface area contributed by atoms with E-state index >= 15 is 0 Å². The van der Waals surface area contributed by atoms with Gasteiger partial charge in [0.2, 0.25) is 5.91 Å². The van der Waals surface area contributed by atoms with Crippen LogP contribution in [0.2, 0.25) is 0 Å². The summed E-state index contributed by atoms with van der Waals surface area (Å²) in [5.41, 5.74) is 9.03. The van der Waals surface area contributed by atoms with Crippen LogP contribution in [0.5, 0.6) is 6.01 Å². The molecule has 4 rings (SSSR count). The Morgan fingerprint density at radius 1 is 1.19 bits per heavy atom. The molecule has 0 bridgehead atoms. The Bertz CT molecular complexity index is 928. The van der Waals surface area contributed by atoms with Crippen molar-refractivity contribution < 1.29 is 9.53 Å². The first-order valence-corrected chi connectivity index (χ1v) is 11.2. The molecule has 3 N–H and O–H groups in total. The summed E-state index contributed by atoms with van der Waals surface area (Å²) in [6.07, 6.45) is 4.50. The van der Waals surface area contributed by atoms with Gasteiger partial charge in [-0.3, -0.25) is 9.69 Å². The SMILES string of the molecule is CCCCOc1nc(N)c2c(n1)N(Cc1cccc(CN3CCCC3)c1)C(C)C(=O)N2. The number of hydrogen-bond acceptors (Lipinski definition) is 7. The molecular formula is C23H32N6O2. The number of carbonyl (C=O) groups is 1. The van der Waals surface area contributed by atoms with E-state index in [9.17, 15) is 4.79 Å². The average Bonchev–Trinajstić information content (AvgIpc) is 3.26. The first kappa shape index (κ1) is 21.4. The van der Waals surface area contributed by atoms with Crippen LogP contribution < -0.4 is 20.7 Å². The maximum Gasteiger partial charge on any atom is 0.320 e. The monoisotopic (exact) mass is 424 g/mol. The van der Waals surface area contributed by atoms with Crippen LogP contribution in [0.15, 0.2) is 24.3 Å². The van der Waals surface area contributed by atoms with Gasteiger partial charge in [-0.1, -0.05) is 37.6 Å². The Hall–Kier alpha value is -2.87. The molecule has 166 valence electrons. The summed E-state index contributed by atoms with van der Waals surface area (Å²) in [6, 6.07) is 8.44. The number of unbranched alkanes of at least 4 members (excludes halogenated alkanes) is 1. The molecule has 2 aliphatic rings. The van der Waals surface area contributed by atoms with E-state index in [2.05, 4.69) is 51.4 Å². The molecule has 2 aliphatic heterocycles. The normalized spacial score (nSPS) is 18.7. The lowest BCUT2D eigenvalue weighted by Crippen LogP contribution is -2.46. The quantitative estimate of drug-likeness (QED) is 0.628. The zero-order valence-electron chi connectivity index (χ0n) is 18.4. The number of ether oxygens (including phenoxy) is 1. The second kappa shape index (κ2) is 9.51. The fourth-order valence-electron chi connectivity index (χ4n) is 4.13. The lowest BCUT2D eigenvalue weighted by molar-refractivity contribution is -0.117. The second-order valence-electron chi connectivity index (χ2n) is 8.39. The fraction of sp³-hybridized carbons (Fsp3) is 0.522. The highest BCUT2D eigenvalue weighted by Gasteiger charge is 2.33. The van der Waals surface area contributed by atoms with E-state index in [1.54, 1.807) is 0 Å². The first-order valence-electron chi connectivity index (χ1n) is 11.2. The van der Waals surface area contributed by atoms with Gasteiger partial charge in [0.15, 0.2) is 11.6 Å². The zero-order chi connectivity index (χ0) is 21.8. The van der Waals surface area contributed by atoms with Crippen molar-refractivity contribution >= 4 is 23.2 Å². The Labute approximate surface area is 183 Å². The largest absolute Gasteiger partial charge is 0.463 e. The van der Waals surface area contributed by atoms with Gasteiger partial charge in [-0.25, -0.2) is 0 Å². The van der Waals surface area contributed by atoms with Gasteiger partial charge in [0.05, 0.1) is 6.61 Å². The molecule has 1 saturated heterocycles. The van der Waals surface area contributed by atoms with Crippen molar-refractivity contribution in [3.05, 3.63) is 35.4 Å². The van der Waals surface area contributed by atoms with Crippen molar-refractivity contribution in [3.8, 4) is 6.01 Å². The number of likely N-dealkylation sites (tertiary alicyclic amines) is 1. The van der Waals surface area contributed by atoms with Crippen LogP contribution in [0.4, 0.5) is 17.3 Å². The molecule has 3 heterocycles. The third-order valence-corrected chi connectivity index (χ3v) is 5.94. The smallest absolute Gasteiger partial charge is 0.320 e. The van der Waals surface area contributed by atoms with Gasteiger partial charge in [0.25, 0.3) is 0 Å². The molecule has 0 aliphatic carbocycles. The van der Waals surface area contributed by atoms with E-state index < -0.39 is 0 Å². The van der Waals surface area contributed by atoms with Crippen molar-refractivity contribution in [1.29, 1.82) is 0 Å². The summed E-state index contributed by atoms with van der Waals surface area (Å²) in [5, 5.41) is 2.85. The summed E-state index contributed by atoms with van der Waals surface area (Å²) in [7, 11) is 0. The lowest BCUT2D eigenvalue weighted by Gasteiger charge is -2.35. The number of nitrogen functional groups attached to an aromatic ring is 1. The van der Waals surface area contributed by atoms with Crippen LogP contribution in [0, 0.1) is 0 Å². The number of aromatic nitrogens is 2. The van der Waals surface area contributed by atoms with Gasteiger partial charge in [0.1, 0.15) is 11.7 Å². The predicted octanol–water partition coefficient (Wildman–Crippen LogP) is 3.18. The average molecular weight is 425 g/mol.